The molecule has 0 aromatic heterocycles. The number of amides is 1. The fourth-order valence-electron chi connectivity index (χ4n) is 1.87. The number of carbonyl (C=O) groups is 1. The third kappa shape index (κ3) is 5.28. The van der Waals surface area contributed by atoms with Crippen molar-refractivity contribution >= 4 is 62.3 Å². The molecule has 0 unspecified atom stereocenters. The van der Waals surface area contributed by atoms with Gasteiger partial charge in [0.1, 0.15) is 6.17 Å². The fraction of sp³-hybridized carbons (Fsp3) is 0.188. The first kappa shape index (κ1) is 18.4. The lowest BCUT2D eigenvalue weighted by molar-refractivity contribution is 0.0941. The number of rotatable bonds is 4. The molecule has 122 valence electrons. The summed E-state index contributed by atoms with van der Waals surface area (Å²) in [7, 11) is 0. The Labute approximate surface area is 158 Å². The molecule has 0 aliphatic carbocycles. The monoisotopic (exact) mass is 434 g/mol. The minimum atomic E-state index is -1.72. The van der Waals surface area contributed by atoms with Crippen LogP contribution in [0, 0.1) is 6.92 Å². The van der Waals surface area contributed by atoms with Gasteiger partial charge in [0.25, 0.3) is 5.91 Å². The SMILES string of the molecule is Cc1ccc(N[C@@H](NC(=O)c2ccccc2Br)C(Cl)(Cl)Cl)cc1. The van der Waals surface area contributed by atoms with Gasteiger partial charge in [0.15, 0.2) is 0 Å². The molecule has 2 aromatic rings. The summed E-state index contributed by atoms with van der Waals surface area (Å²) in [6, 6.07) is 14.6. The van der Waals surface area contributed by atoms with Gasteiger partial charge in [-0.15, -0.1) is 0 Å². The molecule has 1 atom stereocenters. The first-order valence-corrected chi connectivity index (χ1v) is 8.65. The predicted molar refractivity (Wildman–Crippen MR) is 100 cm³/mol. The van der Waals surface area contributed by atoms with Crippen LogP contribution in [-0.2, 0) is 0 Å². The average molecular weight is 437 g/mol. The van der Waals surface area contributed by atoms with E-state index in [2.05, 4.69) is 26.6 Å². The summed E-state index contributed by atoms with van der Waals surface area (Å²) in [6.07, 6.45) is -0.894. The van der Waals surface area contributed by atoms with Gasteiger partial charge in [0, 0.05) is 10.2 Å². The summed E-state index contributed by atoms with van der Waals surface area (Å²) in [5.74, 6) is -0.353. The van der Waals surface area contributed by atoms with Gasteiger partial charge in [0.2, 0.25) is 3.79 Å². The van der Waals surface area contributed by atoms with Crippen LogP contribution >= 0.6 is 50.7 Å². The van der Waals surface area contributed by atoms with E-state index in [4.69, 9.17) is 34.8 Å². The molecule has 0 fully saturated rings. The van der Waals surface area contributed by atoms with Crippen molar-refractivity contribution in [2.75, 3.05) is 5.32 Å². The lowest BCUT2D eigenvalue weighted by Gasteiger charge is -2.27. The van der Waals surface area contributed by atoms with Crippen molar-refractivity contribution in [3.63, 3.8) is 0 Å². The Kier molecular flexibility index (Phi) is 6.20. The zero-order valence-corrected chi connectivity index (χ0v) is 16.0. The number of anilines is 1. The zero-order chi connectivity index (χ0) is 17.0. The minimum Gasteiger partial charge on any atom is -0.362 e. The molecule has 2 rings (SSSR count). The number of hydrogen-bond acceptors (Lipinski definition) is 2. The highest BCUT2D eigenvalue weighted by Gasteiger charge is 2.34. The summed E-state index contributed by atoms with van der Waals surface area (Å²) >= 11 is 21.3. The number of hydrogen-bond donors (Lipinski definition) is 2. The van der Waals surface area contributed by atoms with E-state index in [9.17, 15) is 4.79 Å². The molecular formula is C16H14BrCl3N2O. The molecule has 0 heterocycles. The third-order valence-electron chi connectivity index (χ3n) is 3.08. The highest BCUT2D eigenvalue weighted by molar-refractivity contribution is 9.10. The molecule has 0 saturated heterocycles. The van der Waals surface area contributed by atoms with Crippen LogP contribution in [0.5, 0.6) is 0 Å². The first-order chi connectivity index (χ1) is 10.8. The fourth-order valence-corrected chi connectivity index (χ4v) is 2.66. The molecule has 3 nitrogen and oxygen atoms in total. The molecule has 2 aromatic carbocycles. The second-order valence-electron chi connectivity index (χ2n) is 4.94. The topological polar surface area (TPSA) is 41.1 Å². The van der Waals surface area contributed by atoms with Crippen LogP contribution in [-0.4, -0.2) is 15.9 Å². The quantitative estimate of drug-likeness (QED) is 0.505. The number of nitrogens with one attached hydrogen (secondary N) is 2. The second kappa shape index (κ2) is 7.75. The van der Waals surface area contributed by atoms with Gasteiger partial charge >= 0.3 is 0 Å². The van der Waals surface area contributed by atoms with Crippen LogP contribution in [0.25, 0.3) is 0 Å². The van der Waals surface area contributed by atoms with Crippen molar-refractivity contribution in [1.29, 1.82) is 0 Å². The maximum Gasteiger partial charge on any atom is 0.254 e. The third-order valence-corrected chi connectivity index (χ3v) is 4.43. The number of halogens is 4. The Bertz CT molecular complexity index is 686. The molecule has 0 radical (unpaired) electrons. The second-order valence-corrected chi connectivity index (χ2v) is 8.16. The van der Waals surface area contributed by atoms with Crippen LogP contribution in [0.1, 0.15) is 15.9 Å². The standard InChI is InChI=1S/C16H14BrCl3N2O/c1-10-6-8-11(9-7-10)21-15(16(18,19)20)22-14(23)12-4-2-3-5-13(12)17/h2-9,15,21H,1H3,(H,22,23)/t15-/m0/s1. The summed E-state index contributed by atoms with van der Waals surface area (Å²) in [5.41, 5.74) is 2.30. The van der Waals surface area contributed by atoms with E-state index < -0.39 is 9.96 Å². The lowest BCUT2D eigenvalue weighted by atomic mass is 10.2. The zero-order valence-electron chi connectivity index (χ0n) is 12.1. The van der Waals surface area contributed by atoms with Crippen molar-refractivity contribution in [1.82, 2.24) is 5.32 Å². The molecular weight excluding hydrogens is 422 g/mol. The van der Waals surface area contributed by atoms with Crippen molar-refractivity contribution in [2.24, 2.45) is 0 Å². The van der Waals surface area contributed by atoms with Gasteiger partial charge in [-0.2, -0.15) is 0 Å². The highest BCUT2D eigenvalue weighted by Crippen LogP contribution is 2.31. The van der Waals surface area contributed by atoms with E-state index in [1.54, 1.807) is 18.2 Å². The Morgan fingerprint density at radius 1 is 1.09 bits per heavy atom. The van der Waals surface area contributed by atoms with Crippen molar-refractivity contribution in [2.45, 2.75) is 16.9 Å². The molecule has 7 heteroatoms. The van der Waals surface area contributed by atoms with Gasteiger partial charge in [0.05, 0.1) is 5.56 Å². The Balaban J connectivity index is 2.18. The highest BCUT2D eigenvalue weighted by atomic mass is 79.9. The van der Waals surface area contributed by atoms with Crippen molar-refractivity contribution in [3.05, 3.63) is 64.1 Å². The van der Waals surface area contributed by atoms with E-state index in [0.29, 0.717) is 10.0 Å². The van der Waals surface area contributed by atoms with Crippen molar-refractivity contribution < 1.29 is 4.79 Å². The van der Waals surface area contributed by atoms with Gasteiger partial charge in [-0.05, 0) is 47.1 Å². The summed E-state index contributed by atoms with van der Waals surface area (Å²) in [6.45, 7) is 1.98. The van der Waals surface area contributed by atoms with Crippen LogP contribution in [0.2, 0.25) is 0 Å². The van der Waals surface area contributed by atoms with Gasteiger partial charge < -0.3 is 10.6 Å². The lowest BCUT2D eigenvalue weighted by Crippen LogP contribution is -2.49. The van der Waals surface area contributed by atoms with E-state index in [1.807, 2.05) is 37.3 Å². The number of alkyl halides is 3. The van der Waals surface area contributed by atoms with E-state index in [1.165, 1.54) is 0 Å². The Morgan fingerprint density at radius 3 is 2.26 bits per heavy atom. The first-order valence-electron chi connectivity index (χ1n) is 6.72. The van der Waals surface area contributed by atoms with E-state index in [0.717, 1.165) is 11.3 Å². The molecule has 23 heavy (non-hydrogen) atoms. The van der Waals surface area contributed by atoms with E-state index in [-0.39, 0.29) is 5.91 Å². The van der Waals surface area contributed by atoms with Crippen LogP contribution in [0.3, 0.4) is 0 Å². The normalized spacial score (nSPS) is 12.6. The van der Waals surface area contributed by atoms with Gasteiger partial charge in [-0.25, -0.2) is 0 Å². The molecule has 2 N–H and O–H groups in total. The molecule has 1 amide bonds. The minimum absolute atomic E-state index is 0.353. The summed E-state index contributed by atoms with van der Waals surface area (Å²) in [5, 5.41) is 5.72. The van der Waals surface area contributed by atoms with Gasteiger partial charge in [-0.1, -0.05) is 64.6 Å². The smallest absolute Gasteiger partial charge is 0.254 e. The predicted octanol–water partition coefficient (Wildman–Crippen LogP) is 5.30. The van der Waals surface area contributed by atoms with E-state index >= 15 is 0 Å². The maximum absolute atomic E-state index is 12.4. The summed E-state index contributed by atoms with van der Waals surface area (Å²) in [4.78, 5) is 12.4. The van der Waals surface area contributed by atoms with Crippen molar-refractivity contribution in [3.8, 4) is 0 Å². The van der Waals surface area contributed by atoms with Crippen LogP contribution in [0.15, 0.2) is 53.0 Å². The molecule has 0 aliphatic heterocycles. The van der Waals surface area contributed by atoms with Crippen LogP contribution < -0.4 is 10.6 Å². The van der Waals surface area contributed by atoms with Gasteiger partial charge in [-0.3, -0.25) is 4.79 Å². The number of aryl methyl sites for hydroxylation is 1. The largest absolute Gasteiger partial charge is 0.362 e. The Hall–Kier alpha value is -0.940. The molecule has 0 bridgehead atoms. The number of benzene rings is 2. The Morgan fingerprint density at radius 2 is 1.70 bits per heavy atom. The molecule has 0 spiro atoms. The maximum atomic E-state index is 12.4. The van der Waals surface area contributed by atoms with Crippen LogP contribution in [0.4, 0.5) is 5.69 Å². The number of carbonyl (C=O) groups excluding carboxylic acids is 1. The molecule has 0 saturated carbocycles. The average Bonchev–Trinajstić information content (AvgIpc) is 2.48. The summed E-state index contributed by atoms with van der Waals surface area (Å²) < 4.78 is -1.06. The molecule has 0 aliphatic rings.